The van der Waals surface area contributed by atoms with Crippen LogP contribution in [0.5, 0.6) is 5.75 Å². The van der Waals surface area contributed by atoms with Crippen LogP contribution in [0.1, 0.15) is 5.56 Å². The lowest BCUT2D eigenvalue weighted by atomic mass is 10.1. The highest BCUT2D eigenvalue weighted by Crippen LogP contribution is 2.28. The molecule has 0 saturated carbocycles. The average Bonchev–Trinajstić information content (AvgIpc) is 2.43. The Hall–Kier alpha value is -1.78. The molecule has 21 heavy (non-hydrogen) atoms. The lowest BCUT2D eigenvalue weighted by Gasteiger charge is -2.11. The van der Waals surface area contributed by atoms with Gasteiger partial charge in [-0.1, -0.05) is 29.3 Å². The van der Waals surface area contributed by atoms with Gasteiger partial charge in [-0.25, -0.2) is 4.39 Å². The standard InChI is InChI=1S/C15H12Cl2FNO2/c1-21-14-6-5-9(16)7-13(14)19-15(20)8-10-11(17)3-2-4-12(10)18/h2-7H,8H2,1H3,(H,19,20). The molecule has 0 aliphatic carbocycles. The molecule has 0 spiro atoms. The maximum Gasteiger partial charge on any atom is 0.229 e. The molecule has 0 aliphatic heterocycles. The van der Waals surface area contributed by atoms with Gasteiger partial charge in [0.25, 0.3) is 0 Å². The quantitative estimate of drug-likeness (QED) is 0.908. The number of nitrogens with one attached hydrogen (secondary N) is 1. The summed E-state index contributed by atoms with van der Waals surface area (Å²) < 4.78 is 18.8. The Balaban J connectivity index is 2.17. The topological polar surface area (TPSA) is 38.3 Å². The average molecular weight is 328 g/mol. The molecule has 0 unspecified atom stereocenters. The van der Waals surface area contributed by atoms with Crippen LogP contribution in [0, 0.1) is 5.82 Å². The summed E-state index contributed by atoms with van der Waals surface area (Å²) in [6.45, 7) is 0. The minimum Gasteiger partial charge on any atom is -0.495 e. The molecule has 0 bridgehead atoms. The van der Waals surface area contributed by atoms with Crippen LogP contribution in [0.2, 0.25) is 10.0 Å². The van der Waals surface area contributed by atoms with E-state index in [1.165, 1.54) is 25.3 Å². The fraction of sp³-hybridized carbons (Fsp3) is 0.133. The van der Waals surface area contributed by atoms with E-state index in [1.54, 1.807) is 18.2 Å². The molecule has 0 atom stereocenters. The number of hydrogen-bond acceptors (Lipinski definition) is 2. The molecule has 1 N–H and O–H groups in total. The molecule has 0 heterocycles. The van der Waals surface area contributed by atoms with Crippen molar-refractivity contribution in [2.24, 2.45) is 0 Å². The highest BCUT2D eigenvalue weighted by atomic mass is 35.5. The summed E-state index contributed by atoms with van der Waals surface area (Å²) in [5.41, 5.74) is 0.570. The van der Waals surface area contributed by atoms with Gasteiger partial charge in [-0.2, -0.15) is 0 Å². The maximum absolute atomic E-state index is 13.6. The molecule has 110 valence electrons. The van der Waals surface area contributed by atoms with E-state index in [0.29, 0.717) is 16.5 Å². The number of benzene rings is 2. The normalized spacial score (nSPS) is 10.3. The maximum atomic E-state index is 13.6. The second kappa shape index (κ2) is 6.78. The lowest BCUT2D eigenvalue weighted by Crippen LogP contribution is -2.16. The largest absolute Gasteiger partial charge is 0.495 e. The van der Waals surface area contributed by atoms with Gasteiger partial charge in [0.05, 0.1) is 19.2 Å². The Kier molecular flexibility index (Phi) is 5.04. The number of hydrogen-bond donors (Lipinski definition) is 1. The fourth-order valence-electron chi connectivity index (χ4n) is 1.83. The summed E-state index contributed by atoms with van der Waals surface area (Å²) in [6.07, 6.45) is -0.179. The van der Waals surface area contributed by atoms with Crippen molar-refractivity contribution in [2.45, 2.75) is 6.42 Å². The van der Waals surface area contributed by atoms with Crippen molar-refractivity contribution in [3.63, 3.8) is 0 Å². The van der Waals surface area contributed by atoms with Gasteiger partial charge in [-0.15, -0.1) is 0 Å². The minimum atomic E-state index is -0.518. The highest BCUT2D eigenvalue weighted by molar-refractivity contribution is 6.31. The molecule has 0 radical (unpaired) electrons. The van der Waals surface area contributed by atoms with Gasteiger partial charge >= 0.3 is 0 Å². The number of carbonyl (C=O) groups excluding carboxylic acids is 1. The third-order valence-electron chi connectivity index (χ3n) is 2.83. The SMILES string of the molecule is COc1ccc(Cl)cc1NC(=O)Cc1c(F)cccc1Cl. The third-order valence-corrected chi connectivity index (χ3v) is 3.42. The van der Waals surface area contributed by atoms with Crippen molar-refractivity contribution in [2.75, 3.05) is 12.4 Å². The van der Waals surface area contributed by atoms with E-state index in [0.717, 1.165) is 0 Å². The van der Waals surface area contributed by atoms with Crippen LogP contribution in [-0.4, -0.2) is 13.0 Å². The molecule has 1 amide bonds. The van der Waals surface area contributed by atoms with Crippen LogP contribution < -0.4 is 10.1 Å². The van der Waals surface area contributed by atoms with Crippen LogP contribution in [0.4, 0.5) is 10.1 Å². The van der Waals surface area contributed by atoms with Gasteiger partial charge in [-0.05, 0) is 30.3 Å². The Bertz CT molecular complexity index is 656. The monoisotopic (exact) mass is 327 g/mol. The van der Waals surface area contributed by atoms with Crippen molar-refractivity contribution in [3.05, 3.63) is 57.8 Å². The van der Waals surface area contributed by atoms with Gasteiger partial charge in [0.2, 0.25) is 5.91 Å². The Morgan fingerprint density at radius 3 is 2.71 bits per heavy atom. The zero-order chi connectivity index (χ0) is 15.4. The van der Waals surface area contributed by atoms with Crippen LogP contribution >= 0.6 is 23.2 Å². The molecule has 0 aliphatic rings. The van der Waals surface area contributed by atoms with Crippen LogP contribution in [0.25, 0.3) is 0 Å². The molecular weight excluding hydrogens is 316 g/mol. The van der Waals surface area contributed by atoms with Gasteiger partial charge in [-0.3, -0.25) is 4.79 Å². The number of ether oxygens (including phenoxy) is 1. The van der Waals surface area contributed by atoms with E-state index in [9.17, 15) is 9.18 Å². The third kappa shape index (κ3) is 3.86. The van der Waals surface area contributed by atoms with Crippen molar-refractivity contribution in [3.8, 4) is 5.75 Å². The van der Waals surface area contributed by atoms with E-state index >= 15 is 0 Å². The molecule has 2 aromatic carbocycles. The number of methoxy groups -OCH3 is 1. The van der Waals surface area contributed by atoms with Crippen molar-refractivity contribution in [1.29, 1.82) is 0 Å². The first-order chi connectivity index (χ1) is 10.0. The summed E-state index contributed by atoms with van der Waals surface area (Å²) in [6, 6.07) is 9.11. The number of halogens is 3. The molecule has 2 aromatic rings. The smallest absolute Gasteiger partial charge is 0.229 e. The molecule has 2 rings (SSSR count). The predicted octanol–water partition coefficient (Wildman–Crippen LogP) is 4.32. The summed E-state index contributed by atoms with van der Waals surface area (Å²) >= 11 is 11.8. The summed E-state index contributed by atoms with van der Waals surface area (Å²) in [5, 5.41) is 3.30. The zero-order valence-corrected chi connectivity index (χ0v) is 12.6. The summed E-state index contributed by atoms with van der Waals surface area (Å²) in [4.78, 5) is 12.0. The van der Waals surface area contributed by atoms with Crippen molar-refractivity contribution in [1.82, 2.24) is 0 Å². The van der Waals surface area contributed by atoms with E-state index in [-0.39, 0.29) is 17.0 Å². The molecule has 0 saturated heterocycles. The Labute approximate surface area is 131 Å². The number of amides is 1. The Morgan fingerprint density at radius 1 is 1.29 bits per heavy atom. The number of anilines is 1. The van der Waals surface area contributed by atoms with E-state index < -0.39 is 11.7 Å². The van der Waals surface area contributed by atoms with Gasteiger partial charge in [0.15, 0.2) is 0 Å². The Morgan fingerprint density at radius 2 is 2.05 bits per heavy atom. The highest BCUT2D eigenvalue weighted by Gasteiger charge is 2.14. The van der Waals surface area contributed by atoms with Gasteiger partial charge < -0.3 is 10.1 Å². The second-order valence-corrected chi connectivity index (χ2v) is 5.11. The van der Waals surface area contributed by atoms with E-state index in [4.69, 9.17) is 27.9 Å². The van der Waals surface area contributed by atoms with E-state index in [2.05, 4.69) is 5.32 Å². The molecule has 0 fully saturated rings. The lowest BCUT2D eigenvalue weighted by molar-refractivity contribution is -0.115. The second-order valence-electron chi connectivity index (χ2n) is 4.27. The number of rotatable bonds is 4. The van der Waals surface area contributed by atoms with Crippen LogP contribution in [0.15, 0.2) is 36.4 Å². The van der Waals surface area contributed by atoms with Crippen molar-refractivity contribution < 1.29 is 13.9 Å². The van der Waals surface area contributed by atoms with Gasteiger partial charge in [0, 0.05) is 15.6 Å². The number of carbonyl (C=O) groups is 1. The molecule has 3 nitrogen and oxygen atoms in total. The van der Waals surface area contributed by atoms with Crippen LogP contribution in [-0.2, 0) is 11.2 Å². The summed E-state index contributed by atoms with van der Waals surface area (Å²) in [5.74, 6) is -0.467. The first-order valence-corrected chi connectivity index (χ1v) is 6.83. The fourth-order valence-corrected chi connectivity index (χ4v) is 2.24. The first kappa shape index (κ1) is 15.6. The van der Waals surface area contributed by atoms with Gasteiger partial charge in [0.1, 0.15) is 11.6 Å². The summed E-state index contributed by atoms with van der Waals surface area (Å²) in [7, 11) is 1.48. The molecular formula is C15H12Cl2FNO2. The predicted molar refractivity (Wildman–Crippen MR) is 81.7 cm³/mol. The van der Waals surface area contributed by atoms with Crippen LogP contribution in [0.3, 0.4) is 0 Å². The zero-order valence-electron chi connectivity index (χ0n) is 11.1. The van der Waals surface area contributed by atoms with E-state index in [1.807, 2.05) is 0 Å². The molecule has 0 aromatic heterocycles. The minimum absolute atomic E-state index is 0.151. The molecule has 6 heteroatoms. The van der Waals surface area contributed by atoms with Crippen molar-refractivity contribution >= 4 is 34.8 Å². The first-order valence-electron chi connectivity index (χ1n) is 6.07.